The Morgan fingerprint density at radius 1 is 1.03 bits per heavy atom. The van der Waals surface area contributed by atoms with Crippen molar-refractivity contribution in [2.24, 2.45) is 0 Å². The van der Waals surface area contributed by atoms with Crippen LogP contribution in [0.1, 0.15) is 18.2 Å². The molecule has 3 N–H and O–H groups in total. The summed E-state index contributed by atoms with van der Waals surface area (Å²) in [6.07, 6.45) is 2.88. The van der Waals surface area contributed by atoms with E-state index in [4.69, 9.17) is 0 Å². The maximum atomic E-state index is 11.6. The first-order valence-corrected chi connectivity index (χ1v) is 12.6. The Bertz CT molecular complexity index is 1420. The molecule has 0 saturated heterocycles. The Morgan fingerprint density at radius 2 is 1.79 bits per heavy atom. The third kappa shape index (κ3) is 6.15. The first-order chi connectivity index (χ1) is 16.3. The lowest BCUT2D eigenvalue weighted by Crippen LogP contribution is -2.21. The van der Waals surface area contributed by atoms with Gasteiger partial charge >= 0.3 is 0 Å². The van der Waals surface area contributed by atoms with Crippen molar-refractivity contribution in [3.63, 3.8) is 0 Å². The monoisotopic (exact) mass is 479 g/mol. The summed E-state index contributed by atoms with van der Waals surface area (Å²) in [7, 11) is -3.08. The number of fused-ring (bicyclic) bond motifs is 1. The number of sulfone groups is 1. The number of hydrogen-bond acceptors (Lipinski definition) is 8. The van der Waals surface area contributed by atoms with Crippen LogP contribution in [-0.2, 0) is 33.6 Å². The van der Waals surface area contributed by atoms with Gasteiger partial charge in [0.25, 0.3) is 0 Å². The highest BCUT2D eigenvalue weighted by atomic mass is 32.2. The minimum atomic E-state index is -3.08. The van der Waals surface area contributed by atoms with E-state index >= 15 is 0 Å². The molecule has 0 spiro atoms. The smallest absolute Gasteiger partial charge is 0.227 e. The highest BCUT2D eigenvalue weighted by molar-refractivity contribution is 7.89. The lowest BCUT2D eigenvalue weighted by Gasteiger charge is -2.11. The first kappa shape index (κ1) is 23.3. The van der Waals surface area contributed by atoms with Crippen LogP contribution in [0.3, 0.4) is 0 Å². The standard InChI is InChI=1S/C23H25N7O3S/c1-16(31)26-23-29-20-5-3-4-6-21(20)30(23)15-24-13-19-11-12-25-22(28-19)27-18-9-7-17(8-10-18)14-34(2,32)33/h3-12,24H,13-15H2,1-2H3,(H,25,27,28)(H,26,29,31). The van der Waals surface area contributed by atoms with E-state index in [0.29, 0.717) is 25.1 Å². The predicted octanol–water partition coefficient (Wildman–Crippen LogP) is 2.82. The maximum absolute atomic E-state index is 11.6. The fourth-order valence-electron chi connectivity index (χ4n) is 3.46. The van der Waals surface area contributed by atoms with Crippen LogP contribution in [0.4, 0.5) is 17.6 Å². The molecule has 0 aliphatic heterocycles. The number of nitrogens with one attached hydrogen (secondary N) is 3. The molecule has 0 aliphatic carbocycles. The molecule has 0 unspecified atom stereocenters. The third-order valence-electron chi connectivity index (χ3n) is 4.87. The highest BCUT2D eigenvalue weighted by Gasteiger charge is 2.11. The second-order valence-electron chi connectivity index (χ2n) is 7.88. The van der Waals surface area contributed by atoms with E-state index in [1.54, 1.807) is 30.5 Å². The zero-order chi connectivity index (χ0) is 24.1. The van der Waals surface area contributed by atoms with E-state index < -0.39 is 9.84 Å². The number of amides is 1. The first-order valence-electron chi connectivity index (χ1n) is 10.6. The largest absolute Gasteiger partial charge is 0.324 e. The van der Waals surface area contributed by atoms with E-state index in [0.717, 1.165) is 28.0 Å². The van der Waals surface area contributed by atoms with Crippen LogP contribution in [0, 0.1) is 0 Å². The fraction of sp³-hybridized carbons (Fsp3) is 0.217. The van der Waals surface area contributed by atoms with Crippen molar-refractivity contribution in [2.75, 3.05) is 16.9 Å². The second kappa shape index (κ2) is 9.98. The normalized spacial score (nSPS) is 11.5. The molecule has 4 aromatic rings. The topological polar surface area (TPSA) is 131 Å². The highest BCUT2D eigenvalue weighted by Crippen LogP contribution is 2.19. The Labute approximate surface area is 197 Å². The summed E-state index contributed by atoms with van der Waals surface area (Å²) in [4.78, 5) is 24.8. The molecule has 0 saturated carbocycles. The van der Waals surface area contributed by atoms with E-state index in [9.17, 15) is 13.2 Å². The fourth-order valence-corrected chi connectivity index (χ4v) is 4.25. The quantitative estimate of drug-likeness (QED) is 0.334. The van der Waals surface area contributed by atoms with Crippen molar-refractivity contribution < 1.29 is 13.2 Å². The van der Waals surface area contributed by atoms with E-state index in [1.165, 1.54) is 13.2 Å². The number of nitrogens with zero attached hydrogens (tertiary/aromatic N) is 4. The van der Waals surface area contributed by atoms with Gasteiger partial charge in [0.05, 0.1) is 29.1 Å². The van der Waals surface area contributed by atoms with Crippen molar-refractivity contribution in [1.29, 1.82) is 0 Å². The average molecular weight is 480 g/mol. The molecule has 2 aromatic carbocycles. The third-order valence-corrected chi connectivity index (χ3v) is 5.73. The molecule has 0 atom stereocenters. The Hall–Kier alpha value is -3.83. The number of anilines is 3. The molecule has 1 amide bonds. The lowest BCUT2D eigenvalue weighted by atomic mass is 10.2. The van der Waals surface area contributed by atoms with Crippen molar-refractivity contribution in [3.8, 4) is 0 Å². The summed E-state index contributed by atoms with van der Waals surface area (Å²) in [5.74, 6) is 0.723. The Morgan fingerprint density at radius 3 is 2.53 bits per heavy atom. The molecule has 10 nitrogen and oxygen atoms in total. The summed E-state index contributed by atoms with van der Waals surface area (Å²) in [5, 5.41) is 9.23. The van der Waals surface area contributed by atoms with Crippen LogP contribution in [0.25, 0.3) is 11.0 Å². The summed E-state index contributed by atoms with van der Waals surface area (Å²) in [6, 6.07) is 16.6. The SMILES string of the molecule is CC(=O)Nc1nc2ccccc2n1CNCc1ccnc(Nc2ccc(CS(C)(=O)=O)cc2)n1. The molecule has 0 radical (unpaired) electrons. The van der Waals surface area contributed by atoms with Gasteiger partial charge in [0.1, 0.15) is 0 Å². The van der Waals surface area contributed by atoms with Crippen LogP contribution in [-0.4, -0.2) is 40.1 Å². The molecule has 0 bridgehead atoms. The molecule has 2 heterocycles. The number of rotatable bonds is 9. The van der Waals surface area contributed by atoms with Gasteiger partial charge in [-0.1, -0.05) is 24.3 Å². The van der Waals surface area contributed by atoms with Gasteiger partial charge in [-0.15, -0.1) is 0 Å². The Kier molecular flexibility index (Phi) is 6.85. The summed E-state index contributed by atoms with van der Waals surface area (Å²) in [5.41, 5.74) is 3.95. The summed E-state index contributed by atoms with van der Waals surface area (Å²) >= 11 is 0. The number of aromatic nitrogens is 4. The average Bonchev–Trinajstić information content (AvgIpc) is 3.11. The molecule has 0 aliphatic rings. The molecule has 4 rings (SSSR count). The number of imidazole rings is 1. The van der Waals surface area contributed by atoms with Crippen molar-refractivity contribution in [1.82, 2.24) is 24.8 Å². The van der Waals surface area contributed by atoms with E-state index in [1.807, 2.05) is 34.9 Å². The maximum Gasteiger partial charge on any atom is 0.227 e. The molecule has 0 fully saturated rings. The molecule has 2 aromatic heterocycles. The van der Waals surface area contributed by atoms with Gasteiger partial charge in [0, 0.05) is 31.6 Å². The van der Waals surface area contributed by atoms with Gasteiger partial charge in [0.2, 0.25) is 17.8 Å². The summed E-state index contributed by atoms with van der Waals surface area (Å²) in [6.45, 7) is 2.34. The molecule has 11 heteroatoms. The minimum absolute atomic E-state index is 0.000780. The predicted molar refractivity (Wildman–Crippen MR) is 131 cm³/mol. The van der Waals surface area contributed by atoms with E-state index in [2.05, 4.69) is 30.9 Å². The van der Waals surface area contributed by atoms with Gasteiger partial charge < -0.3 is 5.32 Å². The second-order valence-corrected chi connectivity index (χ2v) is 10.0. The Balaban J connectivity index is 1.40. The molecular formula is C23H25N7O3S. The number of benzene rings is 2. The van der Waals surface area contributed by atoms with E-state index in [-0.39, 0.29) is 11.7 Å². The lowest BCUT2D eigenvalue weighted by molar-refractivity contribution is -0.114. The zero-order valence-electron chi connectivity index (χ0n) is 18.8. The van der Waals surface area contributed by atoms with Gasteiger partial charge in [0.15, 0.2) is 9.84 Å². The van der Waals surface area contributed by atoms with Gasteiger partial charge in [-0.05, 0) is 35.9 Å². The van der Waals surface area contributed by atoms with Gasteiger partial charge in [-0.2, -0.15) is 0 Å². The molecule has 34 heavy (non-hydrogen) atoms. The number of hydrogen-bond donors (Lipinski definition) is 3. The zero-order valence-corrected chi connectivity index (χ0v) is 19.6. The van der Waals surface area contributed by atoms with Gasteiger partial charge in [-0.3, -0.25) is 20.0 Å². The number of carbonyl (C=O) groups excluding carboxylic acids is 1. The van der Waals surface area contributed by atoms with Crippen LogP contribution in [0.2, 0.25) is 0 Å². The van der Waals surface area contributed by atoms with Crippen molar-refractivity contribution >= 4 is 44.4 Å². The molecular weight excluding hydrogens is 454 g/mol. The van der Waals surface area contributed by atoms with Crippen molar-refractivity contribution in [3.05, 3.63) is 72.1 Å². The van der Waals surface area contributed by atoms with Crippen LogP contribution in [0.5, 0.6) is 0 Å². The van der Waals surface area contributed by atoms with Crippen molar-refractivity contribution in [2.45, 2.75) is 25.9 Å². The van der Waals surface area contributed by atoms with Crippen LogP contribution >= 0.6 is 0 Å². The number of para-hydroxylation sites is 2. The minimum Gasteiger partial charge on any atom is -0.324 e. The summed E-state index contributed by atoms with van der Waals surface area (Å²) < 4.78 is 24.8. The van der Waals surface area contributed by atoms with Crippen LogP contribution < -0.4 is 16.0 Å². The van der Waals surface area contributed by atoms with Gasteiger partial charge in [-0.25, -0.2) is 23.4 Å². The number of carbonyl (C=O) groups is 1. The molecule has 176 valence electrons. The van der Waals surface area contributed by atoms with Crippen LogP contribution in [0.15, 0.2) is 60.8 Å².